The molecular weight excluding hydrogens is 366 g/mol. The molecule has 0 spiro atoms. The Morgan fingerprint density at radius 2 is 1.76 bits per heavy atom. The van der Waals surface area contributed by atoms with Crippen molar-refractivity contribution in [1.82, 2.24) is 14.8 Å². The molecule has 6 heteroatoms. The van der Waals surface area contributed by atoms with E-state index < -0.39 is 0 Å². The predicted octanol–water partition coefficient (Wildman–Crippen LogP) is 3.09. The number of amides is 3. The van der Waals surface area contributed by atoms with Crippen LogP contribution in [0.25, 0.3) is 27.9 Å². The van der Waals surface area contributed by atoms with Crippen molar-refractivity contribution < 1.29 is 14.4 Å². The molecule has 6 nitrogen and oxygen atoms in total. The van der Waals surface area contributed by atoms with Gasteiger partial charge < -0.3 is 9.88 Å². The van der Waals surface area contributed by atoms with Crippen molar-refractivity contribution in [2.75, 3.05) is 13.1 Å². The molecule has 2 heterocycles. The fraction of sp³-hybridized carbons (Fsp3) is 0.261. The molecule has 0 atom stereocenters. The topological polar surface area (TPSA) is 71.4 Å². The van der Waals surface area contributed by atoms with Crippen molar-refractivity contribution in [2.24, 2.45) is 0 Å². The summed E-state index contributed by atoms with van der Waals surface area (Å²) in [4.78, 5) is 36.4. The minimum atomic E-state index is -0.250. The summed E-state index contributed by atoms with van der Waals surface area (Å²) < 4.78 is 2.28. The summed E-state index contributed by atoms with van der Waals surface area (Å²) in [5, 5.41) is 5.09. The molecule has 0 unspecified atom stereocenters. The Morgan fingerprint density at radius 3 is 2.52 bits per heavy atom. The maximum atomic E-state index is 12.1. The number of fused-ring (bicyclic) bond motifs is 3. The highest BCUT2D eigenvalue weighted by Crippen LogP contribution is 2.29. The zero-order valence-electron chi connectivity index (χ0n) is 16.4. The summed E-state index contributed by atoms with van der Waals surface area (Å²) in [6.45, 7) is 3.50. The number of nitrogens with zero attached hydrogens (tertiary/aromatic N) is 2. The minimum Gasteiger partial charge on any atom is -0.351 e. The van der Waals surface area contributed by atoms with Gasteiger partial charge >= 0.3 is 0 Å². The van der Waals surface area contributed by atoms with E-state index in [1.54, 1.807) is 6.08 Å². The van der Waals surface area contributed by atoms with Crippen LogP contribution in [0.2, 0.25) is 0 Å². The number of hydrogen-bond acceptors (Lipinski definition) is 3. The van der Waals surface area contributed by atoms with Gasteiger partial charge in [-0.15, -0.1) is 0 Å². The van der Waals surface area contributed by atoms with E-state index in [4.69, 9.17) is 0 Å². The Hall–Kier alpha value is -3.41. The predicted molar refractivity (Wildman–Crippen MR) is 113 cm³/mol. The van der Waals surface area contributed by atoms with Crippen molar-refractivity contribution in [3.05, 3.63) is 54.1 Å². The van der Waals surface area contributed by atoms with Crippen LogP contribution in [0.15, 0.2) is 48.5 Å². The van der Waals surface area contributed by atoms with Gasteiger partial charge in [0.1, 0.15) is 0 Å². The van der Waals surface area contributed by atoms with Crippen LogP contribution >= 0.6 is 0 Å². The highest BCUT2D eigenvalue weighted by molar-refractivity contribution is 6.08. The third kappa shape index (κ3) is 3.66. The van der Waals surface area contributed by atoms with Gasteiger partial charge in [-0.3, -0.25) is 19.3 Å². The quantitative estimate of drug-likeness (QED) is 0.520. The summed E-state index contributed by atoms with van der Waals surface area (Å²) in [6.07, 6.45) is 3.79. The van der Waals surface area contributed by atoms with Gasteiger partial charge in [0.2, 0.25) is 17.7 Å². The molecule has 0 bridgehead atoms. The molecule has 1 aromatic heterocycles. The number of benzene rings is 2. The average molecular weight is 389 g/mol. The zero-order valence-corrected chi connectivity index (χ0v) is 16.4. The van der Waals surface area contributed by atoms with Gasteiger partial charge in [-0.05, 0) is 36.8 Å². The van der Waals surface area contributed by atoms with E-state index in [1.165, 1.54) is 27.4 Å². The van der Waals surface area contributed by atoms with E-state index >= 15 is 0 Å². The van der Waals surface area contributed by atoms with Crippen LogP contribution in [-0.4, -0.2) is 40.3 Å². The van der Waals surface area contributed by atoms with E-state index in [9.17, 15) is 14.4 Å². The zero-order chi connectivity index (χ0) is 20.4. The van der Waals surface area contributed by atoms with Gasteiger partial charge in [0.05, 0.1) is 0 Å². The average Bonchev–Trinajstić information content (AvgIpc) is 3.23. The number of imide groups is 1. The van der Waals surface area contributed by atoms with Gasteiger partial charge in [0.25, 0.3) is 0 Å². The van der Waals surface area contributed by atoms with Gasteiger partial charge in [0, 0.05) is 60.4 Å². The highest BCUT2D eigenvalue weighted by Gasteiger charge is 2.28. The first-order valence-electron chi connectivity index (χ1n) is 9.88. The lowest BCUT2D eigenvalue weighted by atomic mass is 10.1. The normalized spacial score (nSPS) is 14.6. The number of rotatable bonds is 6. The molecule has 148 valence electrons. The molecule has 1 aliphatic rings. The van der Waals surface area contributed by atoms with E-state index in [1.807, 2.05) is 18.2 Å². The van der Waals surface area contributed by atoms with Gasteiger partial charge in [-0.1, -0.05) is 24.3 Å². The summed E-state index contributed by atoms with van der Waals surface area (Å²) in [5.74, 6) is -0.584. The molecule has 1 aliphatic heterocycles. The lowest BCUT2D eigenvalue weighted by molar-refractivity contribution is -0.138. The summed E-state index contributed by atoms with van der Waals surface area (Å²) in [7, 11) is 0. The lowest BCUT2D eigenvalue weighted by Gasteiger charge is -2.13. The standard InChI is InChI=1S/C23H23N3O3/c1-2-25-19-6-4-3-5-17(19)18-15-16(7-9-20(18)25)8-10-21(27)24-13-14-26-22(28)11-12-23(26)29/h3-10,15H,2,11-14H2,1H3,(H,24,27). The molecule has 0 saturated carbocycles. The van der Waals surface area contributed by atoms with Crippen molar-refractivity contribution in [1.29, 1.82) is 0 Å². The number of para-hydroxylation sites is 1. The molecule has 4 rings (SSSR count). The van der Waals surface area contributed by atoms with Crippen molar-refractivity contribution >= 4 is 45.6 Å². The first-order chi connectivity index (χ1) is 14.1. The first kappa shape index (κ1) is 18.9. The third-order valence-corrected chi connectivity index (χ3v) is 5.33. The number of hydrogen-bond donors (Lipinski definition) is 1. The van der Waals surface area contributed by atoms with Crippen LogP contribution in [0.3, 0.4) is 0 Å². The number of aryl methyl sites for hydroxylation is 1. The largest absolute Gasteiger partial charge is 0.351 e. The van der Waals surface area contributed by atoms with Gasteiger partial charge in [-0.2, -0.15) is 0 Å². The second kappa shape index (κ2) is 7.91. The van der Waals surface area contributed by atoms with E-state index in [-0.39, 0.29) is 43.7 Å². The van der Waals surface area contributed by atoms with Gasteiger partial charge in [0.15, 0.2) is 0 Å². The highest BCUT2D eigenvalue weighted by atomic mass is 16.2. The van der Waals surface area contributed by atoms with Crippen LogP contribution in [0.5, 0.6) is 0 Å². The molecular formula is C23H23N3O3. The molecule has 3 aromatic rings. The van der Waals surface area contributed by atoms with Gasteiger partial charge in [-0.25, -0.2) is 0 Å². The third-order valence-electron chi connectivity index (χ3n) is 5.33. The number of nitrogens with one attached hydrogen (secondary N) is 1. The first-order valence-corrected chi connectivity index (χ1v) is 9.88. The smallest absolute Gasteiger partial charge is 0.244 e. The molecule has 0 radical (unpaired) electrons. The molecule has 29 heavy (non-hydrogen) atoms. The maximum Gasteiger partial charge on any atom is 0.244 e. The number of aromatic nitrogens is 1. The molecule has 1 N–H and O–H groups in total. The SMILES string of the molecule is CCn1c2ccccc2c2cc(C=CC(=O)NCCN3C(=O)CCC3=O)ccc21. The summed E-state index contributed by atoms with van der Waals surface area (Å²) in [5.41, 5.74) is 3.32. The number of likely N-dealkylation sites (tertiary alicyclic amines) is 1. The van der Waals surface area contributed by atoms with Crippen molar-refractivity contribution in [3.63, 3.8) is 0 Å². The number of carbonyl (C=O) groups is 3. The monoisotopic (exact) mass is 389 g/mol. The van der Waals surface area contributed by atoms with Crippen LogP contribution < -0.4 is 5.32 Å². The molecule has 1 fully saturated rings. The maximum absolute atomic E-state index is 12.1. The van der Waals surface area contributed by atoms with E-state index in [2.05, 4.69) is 41.1 Å². The van der Waals surface area contributed by atoms with Crippen molar-refractivity contribution in [2.45, 2.75) is 26.3 Å². The Morgan fingerprint density at radius 1 is 1.03 bits per heavy atom. The van der Waals surface area contributed by atoms with E-state index in [0.717, 1.165) is 17.5 Å². The van der Waals surface area contributed by atoms with Crippen LogP contribution in [-0.2, 0) is 20.9 Å². The summed E-state index contributed by atoms with van der Waals surface area (Å²) in [6, 6.07) is 14.5. The Balaban J connectivity index is 1.45. The Labute approximate surface area is 168 Å². The molecule has 3 amide bonds. The van der Waals surface area contributed by atoms with Crippen molar-refractivity contribution in [3.8, 4) is 0 Å². The Kier molecular flexibility index (Phi) is 5.16. The fourth-order valence-electron chi connectivity index (χ4n) is 3.91. The second-order valence-corrected chi connectivity index (χ2v) is 7.10. The molecule has 2 aromatic carbocycles. The lowest BCUT2D eigenvalue weighted by Crippen LogP contribution is -2.37. The number of carbonyl (C=O) groups excluding carboxylic acids is 3. The molecule has 1 saturated heterocycles. The minimum absolute atomic E-state index is 0.167. The second-order valence-electron chi connectivity index (χ2n) is 7.10. The summed E-state index contributed by atoms with van der Waals surface area (Å²) >= 11 is 0. The fourth-order valence-corrected chi connectivity index (χ4v) is 3.91. The van der Waals surface area contributed by atoms with Crippen LogP contribution in [0.4, 0.5) is 0 Å². The van der Waals surface area contributed by atoms with Crippen LogP contribution in [0.1, 0.15) is 25.3 Å². The van der Waals surface area contributed by atoms with E-state index in [0.29, 0.717) is 0 Å². The molecule has 0 aliphatic carbocycles. The Bertz CT molecular complexity index is 1130. The van der Waals surface area contributed by atoms with Crippen LogP contribution in [0, 0.1) is 0 Å².